The second-order valence-corrected chi connectivity index (χ2v) is 5.40. The second-order valence-electron chi connectivity index (χ2n) is 5.40. The van der Waals surface area contributed by atoms with Crippen molar-refractivity contribution >= 4 is 0 Å². The summed E-state index contributed by atoms with van der Waals surface area (Å²) < 4.78 is 5.04. The molecule has 1 nitrogen and oxygen atoms in total. The molecular formula is C15H20O. The molecule has 0 saturated carbocycles. The second kappa shape index (κ2) is 4.73. The maximum atomic E-state index is 5.04. The molecule has 0 radical (unpaired) electrons. The van der Waals surface area contributed by atoms with Crippen LogP contribution in [-0.2, 0) is 6.42 Å². The van der Waals surface area contributed by atoms with E-state index in [1.54, 1.807) is 6.26 Å². The van der Waals surface area contributed by atoms with Crippen LogP contribution in [0.1, 0.15) is 38.7 Å². The first-order valence-corrected chi connectivity index (χ1v) is 6.02. The molecule has 0 spiro atoms. The molecule has 1 aliphatic rings. The zero-order valence-electron chi connectivity index (χ0n) is 10.2. The molecule has 0 aliphatic heterocycles. The Morgan fingerprint density at radius 3 is 3.00 bits per heavy atom. The van der Waals surface area contributed by atoms with Gasteiger partial charge in [0.25, 0.3) is 0 Å². The van der Waals surface area contributed by atoms with Crippen molar-refractivity contribution in [2.24, 2.45) is 5.41 Å². The highest BCUT2D eigenvalue weighted by Crippen LogP contribution is 2.35. The molecule has 0 amide bonds. The van der Waals surface area contributed by atoms with Crippen molar-refractivity contribution in [2.75, 3.05) is 0 Å². The van der Waals surface area contributed by atoms with Gasteiger partial charge < -0.3 is 4.42 Å². The van der Waals surface area contributed by atoms with Crippen molar-refractivity contribution in [3.05, 3.63) is 48.0 Å². The summed E-state index contributed by atoms with van der Waals surface area (Å²) in [6.07, 6.45) is 15.1. The Balaban J connectivity index is 1.90. The van der Waals surface area contributed by atoms with Crippen LogP contribution in [0, 0.1) is 5.41 Å². The summed E-state index contributed by atoms with van der Waals surface area (Å²) >= 11 is 0. The van der Waals surface area contributed by atoms with E-state index in [9.17, 15) is 0 Å². The highest BCUT2D eigenvalue weighted by atomic mass is 16.3. The van der Waals surface area contributed by atoms with E-state index in [-0.39, 0.29) is 0 Å². The van der Waals surface area contributed by atoms with E-state index < -0.39 is 0 Å². The van der Waals surface area contributed by atoms with E-state index in [2.05, 4.69) is 32.1 Å². The Morgan fingerprint density at radius 1 is 1.44 bits per heavy atom. The van der Waals surface area contributed by atoms with E-state index in [0.717, 1.165) is 6.42 Å². The molecule has 0 bridgehead atoms. The van der Waals surface area contributed by atoms with E-state index in [4.69, 9.17) is 4.42 Å². The minimum absolute atomic E-state index is 0.476. The highest BCUT2D eigenvalue weighted by Gasteiger charge is 2.21. The van der Waals surface area contributed by atoms with Crippen molar-refractivity contribution < 1.29 is 4.42 Å². The molecular weight excluding hydrogens is 196 g/mol. The summed E-state index contributed by atoms with van der Waals surface area (Å²) in [6.45, 7) is 4.70. The lowest BCUT2D eigenvalue weighted by Gasteiger charge is -2.28. The minimum Gasteiger partial charge on any atom is -0.472 e. The van der Waals surface area contributed by atoms with Gasteiger partial charge in [-0.25, -0.2) is 0 Å². The predicted molar refractivity (Wildman–Crippen MR) is 67.3 cm³/mol. The number of furan rings is 1. The molecule has 86 valence electrons. The molecule has 1 heteroatoms. The molecule has 0 fully saturated rings. The van der Waals surface area contributed by atoms with Gasteiger partial charge in [0.2, 0.25) is 0 Å². The van der Waals surface area contributed by atoms with E-state index in [1.807, 2.05) is 12.3 Å². The topological polar surface area (TPSA) is 13.1 Å². The van der Waals surface area contributed by atoms with Crippen LogP contribution in [-0.4, -0.2) is 0 Å². The van der Waals surface area contributed by atoms with Gasteiger partial charge >= 0.3 is 0 Å². The van der Waals surface area contributed by atoms with Crippen LogP contribution in [0.15, 0.2) is 46.8 Å². The van der Waals surface area contributed by atoms with Gasteiger partial charge in [-0.2, -0.15) is 0 Å². The van der Waals surface area contributed by atoms with Gasteiger partial charge in [-0.05, 0) is 42.7 Å². The van der Waals surface area contributed by atoms with Crippen molar-refractivity contribution in [2.45, 2.75) is 39.5 Å². The summed E-state index contributed by atoms with van der Waals surface area (Å²) in [7, 11) is 0. The lowest BCUT2D eigenvalue weighted by Crippen LogP contribution is -2.14. The van der Waals surface area contributed by atoms with Gasteiger partial charge in [-0.3, -0.25) is 0 Å². The van der Waals surface area contributed by atoms with E-state index >= 15 is 0 Å². The van der Waals surface area contributed by atoms with Crippen LogP contribution in [0.3, 0.4) is 0 Å². The Bertz CT molecular complexity index is 380. The third-order valence-corrected chi connectivity index (χ3v) is 3.18. The minimum atomic E-state index is 0.476. The Kier molecular flexibility index (Phi) is 3.33. The standard InChI is InChI=1S/C15H20O/c1-15(2)9-4-7-13(11-15)5-3-6-14-8-10-16-12-14/h3,5,7-8,10,12H,4,6,9,11H2,1-2H3. The average molecular weight is 216 g/mol. The van der Waals surface area contributed by atoms with Crippen LogP contribution in [0.25, 0.3) is 0 Å². The van der Waals surface area contributed by atoms with Crippen molar-refractivity contribution in [1.29, 1.82) is 0 Å². The normalized spacial score (nSPS) is 20.0. The molecule has 1 aromatic rings. The Morgan fingerprint density at radius 2 is 2.31 bits per heavy atom. The van der Waals surface area contributed by atoms with Gasteiger partial charge in [-0.15, -0.1) is 0 Å². The molecule has 0 saturated heterocycles. The molecule has 0 atom stereocenters. The molecule has 2 rings (SSSR count). The predicted octanol–water partition coefficient (Wildman–Crippen LogP) is 4.51. The van der Waals surface area contributed by atoms with Crippen LogP contribution >= 0.6 is 0 Å². The maximum absolute atomic E-state index is 5.04. The number of allylic oxidation sites excluding steroid dienone is 4. The quantitative estimate of drug-likeness (QED) is 0.724. The summed E-state index contributed by atoms with van der Waals surface area (Å²) in [5, 5.41) is 0. The fourth-order valence-corrected chi connectivity index (χ4v) is 2.24. The first kappa shape index (κ1) is 11.3. The number of hydrogen-bond acceptors (Lipinski definition) is 1. The van der Waals surface area contributed by atoms with E-state index in [1.165, 1.54) is 30.4 Å². The Labute approximate surface area is 97.9 Å². The summed E-state index contributed by atoms with van der Waals surface area (Å²) in [6, 6.07) is 2.02. The monoisotopic (exact) mass is 216 g/mol. The summed E-state index contributed by atoms with van der Waals surface area (Å²) in [5.74, 6) is 0. The van der Waals surface area contributed by atoms with Crippen LogP contribution < -0.4 is 0 Å². The van der Waals surface area contributed by atoms with Gasteiger partial charge in [0.05, 0.1) is 12.5 Å². The van der Waals surface area contributed by atoms with Crippen LogP contribution in [0.5, 0.6) is 0 Å². The molecule has 1 aromatic heterocycles. The first-order chi connectivity index (χ1) is 7.66. The largest absolute Gasteiger partial charge is 0.472 e. The molecule has 0 N–H and O–H groups in total. The maximum Gasteiger partial charge on any atom is 0.0937 e. The smallest absolute Gasteiger partial charge is 0.0937 e. The molecule has 1 aliphatic carbocycles. The number of hydrogen-bond donors (Lipinski definition) is 0. The molecule has 0 unspecified atom stereocenters. The van der Waals surface area contributed by atoms with Gasteiger partial charge in [0, 0.05) is 0 Å². The summed E-state index contributed by atoms with van der Waals surface area (Å²) in [5.41, 5.74) is 3.20. The zero-order valence-corrected chi connectivity index (χ0v) is 10.2. The Hall–Kier alpha value is -1.24. The lowest BCUT2D eigenvalue weighted by molar-refractivity contribution is 0.324. The lowest BCUT2D eigenvalue weighted by atomic mass is 9.77. The fraction of sp³-hybridized carbons (Fsp3) is 0.467. The third kappa shape index (κ3) is 3.13. The SMILES string of the molecule is CC1(C)CCC=C(C=CCc2ccoc2)C1. The van der Waals surface area contributed by atoms with Gasteiger partial charge in [0.1, 0.15) is 0 Å². The highest BCUT2D eigenvalue weighted by molar-refractivity contribution is 5.24. The fourth-order valence-electron chi connectivity index (χ4n) is 2.24. The van der Waals surface area contributed by atoms with Gasteiger partial charge in [-0.1, -0.05) is 37.6 Å². The van der Waals surface area contributed by atoms with Crippen LogP contribution in [0.4, 0.5) is 0 Å². The van der Waals surface area contributed by atoms with Crippen molar-refractivity contribution in [3.63, 3.8) is 0 Å². The zero-order chi connectivity index (χ0) is 11.4. The average Bonchev–Trinajstić information content (AvgIpc) is 2.69. The molecule has 16 heavy (non-hydrogen) atoms. The summed E-state index contributed by atoms with van der Waals surface area (Å²) in [4.78, 5) is 0. The van der Waals surface area contributed by atoms with Crippen molar-refractivity contribution in [3.8, 4) is 0 Å². The van der Waals surface area contributed by atoms with E-state index in [0.29, 0.717) is 5.41 Å². The van der Waals surface area contributed by atoms with Crippen molar-refractivity contribution in [1.82, 2.24) is 0 Å². The third-order valence-electron chi connectivity index (χ3n) is 3.18. The van der Waals surface area contributed by atoms with Gasteiger partial charge in [0.15, 0.2) is 0 Å². The molecule has 1 heterocycles. The first-order valence-electron chi connectivity index (χ1n) is 6.02. The van der Waals surface area contributed by atoms with Crippen LogP contribution in [0.2, 0.25) is 0 Å². The number of rotatable bonds is 3. The molecule has 0 aromatic carbocycles.